The first-order chi connectivity index (χ1) is 11.5. The van der Waals surface area contributed by atoms with Crippen molar-refractivity contribution in [3.8, 4) is 0 Å². The molecule has 0 spiro atoms. The number of carbonyl (C=O) groups is 2. The second-order valence-electron chi connectivity index (χ2n) is 5.89. The molecule has 4 N–H and O–H groups in total. The van der Waals surface area contributed by atoms with Crippen LogP contribution in [0.15, 0.2) is 47.8 Å². The van der Waals surface area contributed by atoms with Gasteiger partial charge >= 0.3 is 5.97 Å². The molecule has 9 heteroatoms. The molecule has 4 aliphatic rings. The summed E-state index contributed by atoms with van der Waals surface area (Å²) in [6.07, 6.45) is 9.59. The number of fused-ring (bicyclic) bond motifs is 2. The molecule has 2 atom stereocenters. The Bertz CT molecular complexity index is 784. The lowest BCUT2D eigenvalue weighted by Crippen LogP contribution is -2.72. The first kappa shape index (κ1) is 14.9. The minimum Gasteiger partial charge on any atom is -0.477 e. The van der Waals surface area contributed by atoms with Gasteiger partial charge in [-0.2, -0.15) is 0 Å². The van der Waals surface area contributed by atoms with Crippen LogP contribution in [0.4, 0.5) is 0 Å². The number of nitrogens with one attached hydrogen (secondary N) is 1. The number of hydrogen-bond acceptors (Lipinski definition) is 7. The van der Waals surface area contributed by atoms with Crippen molar-refractivity contribution in [2.75, 3.05) is 6.54 Å². The van der Waals surface area contributed by atoms with Crippen molar-refractivity contribution in [3.63, 3.8) is 0 Å². The number of nitrogens with zero attached hydrogens (tertiary/aromatic N) is 3. The van der Waals surface area contributed by atoms with E-state index < -0.39 is 24.0 Å². The zero-order valence-corrected chi connectivity index (χ0v) is 13.4. The molecule has 0 bridgehead atoms. The molecule has 0 aromatic heterocycles. The van der Waals surface area contributed by atoms with Crippen molar-refractivity contribution in [3.05, 3.63) is 47.8 Å². The van der Waals surface area contributed by atoms with Crippen molar-refractivity contribution in [2.45, 2.75) is 18.5 Å². The van der Waals surface area contributed by atoms with Crippen LogP contribution < -0.4 is 11.2 Å². The van der Waals surface area contributed by atoms with E-state index in [1.165, 1.54) is 4.90 Å². The molecule has 8 nitrogen and oxygen atoms in total. The second-order valence-corrected chi connectivity index (χ2v) is 6.41. The highest BCUT2D eigenvalue weighted by atomic mass is 32.1. The molecule has 4 aliphatic heterocycles. The van der Waals surface area contributed by atoms with E-state index in [1.807, 2.05) is 34.5 Å². The number of nitrogens with two attached hydrogens (primary N) is 1. The first-order valence-electron chi connectivity index (χ1n) is 7.43. The summed E-state index contributed by atoms with van der Waals surface area (Å²) >= 11 is 5.37. The fourth-order valence-electron chi connectivity index (χ4n) is 3.38. The fraction of sp³-hybridized carbons (Fsp3) is 0.267. The van der Waals surface area contributed by atoms with Crippen LogP contribution in [-0.2, 0) is 9.59 Å². The Balaban J connectivity index is 1.68. The second kappa shape index (κ2) is 5.18. The SMILES string of the molecule is N[C@H]1C(=O)N2C(C(=O)O)=C(CN3C=CN4NC=CC=C34)CC(=S)[C@@H]12. The molecule has 0 unspecified atom stereocenters. The van der Waals surface area contributed by atoms with Crippen LogP contribution in [0.5, 0.6) is 0 Å². The number of allylic oxidation sites excluding steroid dienone is 2. The predicted molar refractivity (Wildman–Crippen MR) is 88.5 cm³/mol. The van der Waals surface area contributed by atoms with E-state index in [0.29, 0.717) is 23.4 Å². The number of aliphatic carboxylic acids is 1. The number of carbonyl (C=O) groups excluding carboxylic acids is 1. The molecule has 0 aromatic rings. The molecule has 4 rings (SSSR count). The lowest BCUT2D eigenvalue weighted by molar-refractivity contribution is -0.149. The average Bonchev–Trinajstić information content (AvgIpc) is 2.96. The van der Waals surface area contributed by atoms with Crippen molar-refractivity contribution >= 4 is 29.0 Å². The third-order valence-corrected chi connectivity index (χ3v) is 4.88. The van der Waals surface area contributed by atoms with Gasteiger partial charge in [-0.25, -0.2) is 9.80 Å². The molecule has 124 valence electrons. The maximum absolute atomic E-state index is 12.0. The molecule has 4 heterocycles. The van der Waals surface area contributed by atoms with Crippen molar-refractivity contribution < 1.29 is 14.7 Å². The monoisotopic (exact) mass is 345 g/mol. The zero-order valence-electron chi connectivity index (χ0n) is 12.5. The summed E-state index contributed by atoms with van der Waals surface area (Å²) in [4.78, 5) is 27.5. The molecule has 1 amide bonds. The van der Waals surface area contributed by atoms with E-state index in [4.69, 9.17) is 18.0 Å². The summed E-state index contributed by atoms with van der Waals surface area (Å²) < 4.78 is 0. The van der Waals surface area contributed by atoms with Crippen LogP contribution in [-0.4, -0.2) is 55.3 Å². The summed E-state index contributed by atoms with van der Waals surface area (Å²) in [5.41, 5.74) is 9.44. The quantitative estimate of drug-likeness (QED) is 0.469. The maximum Gasteiger partial charge on any atom is 0.352 e. The number of hydrogen-bond donors (Lipinski definition) is 3. The average molecular weight is 345 g/mol. The third kappa shape index (κ3) is 1.98. The van der Waals surface area contributed by atoms with E-state index in [1.54, 1.807) is 6.20 Å². The summed E-state index contributed by atoms with van der Waals surface area (Å²) in [7, 11) is 0. The van der Waals surface area contributed by atoms with Crippen LogP contribution in [0.1, 0.15) is 6.42 Å². The highest BCUT2D eigenvalue weighted by Gasteiger charge is 2.53. The van der Waals surface area contributed by atoms with Gasteiger partial charge in [-0.3, -0.25) is 9.69 Å². The standard InChI is InChI=1S/C15H15N5O3S/c16-11-13-9(24)6-8(12(15(22)23)20(13)14(11)21)7-18-4-5-19-10(18)2-1-3-17-19/h1-5,11,13,17H,6-7,16H2,(H,22,23)/t11-,13+/m1/s1. The topological polar surface area (TPSA) is 102 Å². The van der Waals surface area contributed by atoms with Crippen LogP contribution in [0.25, 0.3) is 0 Å². The molecule has 24 heavy (non-hydrogen) atoms. The Kier molecular flexibility index (Phi) is 3.22. The summed E-state index contributed by atoms with van der Waals surface area (Å²) in [6, 6.07) is -1.21. The predicted octanol–water partition coefficient (Wildman–Crippen LogP) is -0.401. The molecule has 1 saturated heterocycles. The Morgan fingerprint density at radius 1 is 1.46 bits per heavy atom. The number of amides is 1. The van der Waals surface area contributed by atoms with Crippen molar-refractivity contribution in [1.82, 2.24) is 20.2 Å². The number of carboxylic acids is 1. The zero-order chi connectivity index (χ0) is 17.0. The van der Waals surface area contributed by atoms with E-state index in [-0.39, 0.29) is 5.70 Å². The lowest BCUT2D eigenvalue weighted by Gasteiger charge is -2.49. The summed E-state index contributed by atoms with van der Waals surface area (Å²) in [5.74, 6) is -0.653. The van der Waals surface area contributed by atoms with E-state index in [9.17, 15) is 14.7 Å². The highest BCUT2D eigenvalue weighted by Crippen LogP contribution is 2.36. The van der Waals surface area contributed by atoms with E-state index in [0.717, 1.165) is 5.82 Å². The molecular weight excluding hydrogens is 330 g/mol. The van der Waals surface area contributed by atoms with Gasteiger partial charge in [-0.15, -0.1) is 0 Å². The van der Waals surface area contributed by atoms with Gasteiger partial charge in [0.2, 0.25) is 5.91 Å². The number of rotatable bonds is 3. The lowest BCUT2D eigenvalue weighted by atomic mass is 9.83. The molecule has 1 fully saturated rings. The molecule has 0 radical (unpaired) electrons. The van der Waals surface area contributed by atoms with Crippen LogP contribution in [0.2, 0.25) is 0 Å². The number of carboxylic acid groups (broad SMARTS) is 1. The smallest absolute Gasteiger partial charge is 0.352 e. The van der Waals surface area contributed by atoms with Gasteiger partial charge in [0.15, 0.2) is 0 Å². The molecule has 0 aromatic carbocycles. The molecule has 0 saturated carbocycles. The Hall–Kier alpha value is -2.65. The molecular formula is C15H15N5O3S. The van der Waals surface area contributed by atoms with Gasteiger partial charge in [0.25, 0.3) is 0 Å². The highest BCUT2D eigenvalue weighted by molar-refractivity contribution is 7.80. The van der Waals surface area contributed by atoms with Crippen molar-refractivity contribution in [1.29, 1.82) is 0 Å². The number of thiocarbonyl (C=S) groups is 1. The Morgan fingerprint density at radius 3 is 3.00 bits per heavy atom. The van der Waals surface area contributed by atoms with Gasteiger partial charge in [0.1, 0.15) is 17.6 Å². The third-order valence-electron chi connectivity index (χ3n) is 4.49. The van der Waals surface area contributed by atoms with Gasteiger partial charge in [-0.1, -0.05) is 12.2 Å². The van der Waals surface area contributed by atoms with Gasteiger partial charge in [0, 0.05) is 36.4 Å². The fourth-order valence-corrected chi connectivity index (χ4v) is 3.81. The van der Waals surface area contributed by atoms with Gasteiger partial charge < -0.3 is 21.2 Å². The van der Waals surface area contributed by atoms with E-state index >= 15 is 0 Å². The normalized spacial score (nSPS) is 27.7. The van der Waals surface area contributed by atoms with Gasteiger partial charge in [-0.05, 0) is 17.7 Å². The minimum absolute atomic E-state index is 0.00654. The van der Waals surface area contributed by atoms with Crippen LogP contribution in [0, 0.1) is 0 Å². The minimum atomic E-state index is -1.13. The summed E-state index contributed by atoms with van der Waals surface area (Å²) in [6.45, 7) is 0.335. The van der Waals surface area contributed by atoms with Crippen LogP contribution >= 0.6 is 12.2 Å². The van der Waals surface area contributed by atoms with Crippen molar-refractivity contribution in [2.24, 2.45) is 5.73 Å². The Labute approximate surface area is 143 Å². The first-order valence-corrected chi connectivity index (χ1v) is 7.84. The van der Waals surface area contributed by atoms with E-state index in [2.05, 4.69) is 5.43 Å². The summed E-state index contributed by atoms with van der Waals surface area (Å²) in [5, 5.41) is 11.4. The number of hydrazine groups is 1. The molecule has 0 aliphatic carbocycles. The van der Waals surface area contributed by atoms with Gasteiger partial charge in [0.05, 0.1) is 6.04 Å². The van der Waals surface area contributed by atoms with Crippen LogP contribution in [0.3, 0.4) is 0 Å². The largest absolute Gasteiger partial charge is 0.477 e. The maximum atomic E-state index is 12.0. The Morgan fingerprint density at radius 2 is 2.25 bits per heavy atom. The number of β-lactam (4-membered cyclic amide) rings is 1.